The van der Waals surface area contributed by atoms with Crippen molar-refractivity contribution in [2.75, 3.05) is 0 Å². The van der Waals surface area contributed by atoms with Crippen LogP contribution in [0.1, 0.15) is 11.4 Å². The van der Waals surface area contributed by atoms with Crippen LogP contribution in [0.4, 0.5) is 17.6 Å². The van der Waals surface area contributed by atoms with Gasteiger partial charge in [-0.2, -0.15) is 13.2 Å². The van der Waals surface area contributed by atoms with Crippen molar-refractivity contribution in [2.45, 2.75) is 16.6 Å². The molecule has 0 aliphatic carbocycles. The van der Waals surface area contributed by atoms with Crippen LogP contribution in [-0.4, -0.2) is 24.6 Å². The molecule has 5 N–H and O–H groups in total. The minimum atomic E-state index is -4.67. The predicted molar refractivity (Wildman–Crippen MR) is 95.1 cm³/mol. The van der Waals surface area contributed by atoms with Gasteiger partial charge in [-0.15, -0.1) is 0 Å². The summed E-state index contributed by atoms with van der Waals surface area (Å²) in [5.74, 6) is -0.489. The normalized spacial score (nSPS) is 20.0. The third-order valence-electron chi connectivity index (χ3n) is 4.52. The van der Waals surface area contributed by atoms with Gasteiger partial charge < -0.3 is 10.4 Å². The number of nitrogens with zero attached hydrogens (tertiary/aromatic N) is 1. The number of aromatic nitrogens is 2. The van der Waals surface area contributed by atoms with E-state index in [0.29, 0.717) is 5.52 Å². The van der Waals surface area contributed by atoms with Crippen molar-refractivity contribution in [3.8, 4) is 0 Å². The van der Waals surface area contributed by atoms with Gasteiger partial charge in [-0.3, -0.25) is 0 Å². The number of aromatic amines is 1. The van der Waals surface area contributed by atoms with E-state index in [-0.39, 0.29) is 21.8 Å². The van der Waals surface area contributed by atoms with E-state index in [1.165, 1.54) is 42.5 Å². The molecule has 2 heterocycles. The lowest BCUT2D eigenvalue weighted by atomic mass is 9.89. The number of allylic oxidation sites excluding steroid dienone is 1. The largest absolute Gasteiger partial charge is 0.432 e. The van der Waals surface area contributed by atoms with Crippen LogP contribution in [0.5, 0.6) is 0 Å². The number of nitrogens with two attached hydrogens (primary N) is 1. The SMILES string of the molecule is NS(=O)(=O)c1ccc(C2(c3nc4ccc(F)cc4[nH]3)C=C(C(F)(F)F)NN2)cc1. The van der Waals surface area contributed by atoms with E-state index in [1.807, 2.05) is 0 Å². The lowest BCUT2D eigenvalue weighted by Gasteiger charge is -2.26. The summed E-state index contributed by atoms with van der Waals surface area (Å²) in [7, 11) is -3.98. The van der Waals surface area contributed by atoms with Crippen LogP contribution in [0.25, 0.3) is 11.0 Å². The zero-order valence-electron chi connectivity index (χ0n) is 14.4. The maximum Gasteiger partial charge on any atom is 0.432 e. The minimum absolute atomic E-state index is 0.0493. The van der Waals surface area contributed by atoms with Crippen molar-refractivity contribution >= 4 is 21.1 Å². The molecule has 7 nitrogen and oxygen atoms in total. The van der Waals surface area contributed by atoms with Gasteiger partial charge in [0.15, 0.2) is 0 Å². The number of benzene rings is 2. The Morgan fingerprint density at radius 3 is 2.34 bits per heavy atom. The highest BCUT2D eigenvalue weighted by molar-refractivity contribution is 7.89. The highest BCUT2D eigenvalue weighted by Crippen LogP contribution is 2.38. The van der Waals surface area contributed by atoms with E-state index in [9.17, 15) is 26.0 Å². The van der Waals surface area contributed by atoms with E-state index in [0.717, 1.165) is 6.08 Å². The molecule has 1 aliphatic rings. The number of primary sulfonamides is 1. The number of hydrogen-bond acceptors (Lipinski definition) is 5. The molecule has 29 heavy (non-hydrogen) atoms. The number of imidazole rings is 1. The molecule has 3 aromatic rings. The number of halogens is 4. The van der Waals surface area contributed by atoms with E-state index in [1.54, 1.807) is 0 Å². The molecule has 152 valence electrons. The molecule has 0 saturated carbocycles. The average Bonchev–Trinajstić information content (AvgIpc) is 3.25. The smallest absolute Gasteiger partial charge is 0.340 e. The van der Waals surface area contributed by atoms with Crippen LogP contribution in [-0.2, 0) is 15.6 Å². The van der Waals surface area contributed by atoms with Crippen LogP contribution in [0.2, 0.25) is 0 Å². The second kappa shape index (κ2) is 6.27. The Morgan fingerprint density at radius 2 is 1.76 bits per heavy atom. The second-order valence-electron chi connectivity index (χ2n) is 6.43. The van der Waals surface area contributed by atoms with Gasteiger partial charge in [0.05, 0.1) is 15.9 Å². The summed E-state index contributed by atoms with van der Waals surface area (Å²) in [6, 6.07) is 8.72. The Balaban J connectivity index is 1.92. The third kappa shape index (κ3) is 3.34. The molecule has 4 rings (SSSR count). The molecule has 1 aromatic heterocycles. The molecule has 0 amide bonds. The van der Waals surface area contributed by atoms with E-state index >= 15 is 0 Å². The lowest BCUT2D eigenvalue weighted by molar-refractivity contribution is -0.0965. The van der Waals surface area contributed by atoms with Crippen LogP contribution in [0.3, 0.4) is 0 Å². The Kier molecular flexibility index (Phi) is 4.19. The van der Waals surface area contributed by atoms with Gasteiger partial charge in [0.1, 0.15) is 22.9 Å². The van der Waals surface area contributed by atoms with E-state index < -0.39 is 33.3 Å². The van der Waals surface area contributed by atoms with Gasteiger partial charge >= 0.3 is 6.18 Å². The van der Waals surface area contributed by atoms with Gasteiger partial charge in [-0.1, -0.05) is 12.1 Å². The van der Waals surface area contributed by atoms with Gasteiger partial charge in [-0.05, 0) is 42.0 Å². The van der Waals surface area contributed by atoms with Crippen LogP contribution >= 0.6 is 0 Å². The molecular formula is C17H13F4N5O2S. The van der Waals surface area contributed by atoms with Gasteiger partial charge in [0.2, 0.25) is 10.0 Å². The molecule has 12 heteroatoms. The summed E-state index contributed by atoms with van der Waals surface area (Å²) in [6.45, 7) is 0. The topological polar surface area (TPSA) is 113 Å². The number of nitrogens with one attached hydrogen (secondary N) is 3. The molecule has 0 fully saturated rings. The first-order valence-electron chi connectivity index (χ1n) is 8.11. The van der Waals surface area contributed by atoms with E-state index in [2.05, 4.69) is 20.8 Å². The molecule has 0 saturated heterocycles. The van der Waals surface area contributed by atoms with Crippen LogP contribution in [0, 0.1) is 5.82 Å². The number of sulfonamides is 1. The molecule has 0 spiro atoms. The van der Waals surface area contributed by atoms with Crippen molar-refractivity contribution < 1.29 is 26.0 Å². The standard InChI is InChI=1S/C17H13F4N5O2S/c18-10-3-6-12-13(7-10)24-15(23-12)16(8-14(25-26-16)17(19,20)21)9-1-4-11(5-2-9)29(22,27)28/h1-8,25-26H,(H,23,24)(H2,22,27,28). The van der Waals surface area contributed by atoms with Crippen molar-refractivity contribution in [2.24, 2.45) is 5.14 Å². The van der Waals surface area contributed by atoms with Crippen molar-refractivity contribution in [1.29, 1.82) is 0 Å². The molecule has 1 atom stereocenters. The first-order valence-corrected chi connectivity index (χ1v) is 9.66. The maximum absolute atomic E-state index is 13.5. The van der Waals surface area contributed by atoms with Crippen molar-refractivity contribution in [3.05, 3.63) is 71.4 Å². The predicted octanol–water partition coefficient (Wildman–Crippen LogP) is 2.15. The highest BCUT2D eigenvalue weighted by Gasteiger charge is 2.47. The third-order valence-corrected chi connectivity index (χ3v) is 5.45. The van der Waals surface area contributed by atoms with E-state index in [4.69, 9.17) is 5.14 Å². The van der Waals surface area contributed by atoms with Crippen molar-refractivity contribution in [3.63, 3.8) is 0 Å². The Morgan fingerprint density at radius 1 is 1.07 bits per heavy atom. The van der Waals surface area contributed by atoms with Gasteiger partial charge in [0, 0.05) is 0 Å². The number of alkyl halides is 3. The first kappa shape index (κ1) is 19.4. The zero-order valence-corrected chi connectivity index (χ0v) is 15.2. The summed E-state index contributed by atoms with van der Waals surface area (Å²) < 4.78 is 76.3. The molecular weight excluding hydrogens is 414 g/mol. The fourth-order valence-electron chi connectivity index (χ4n) is 3.10. The number of rotatable bonds is 3. The summed E-state index contributed by atoms with van der Waals surface area (Å²) in [5, 5.41) is 5.08. The minimum Gasteiger partial charge on any atom is -0.340 e. The monoisotopic (exact) mass is 427 g/mol. The molecule has 1 aliphatic heterocycles. The number of hydrazine groups is 1. The number of hydrogen-bond donors (Lipinski definition) is 4. The number of fused-ring (bicyclic) bond motifs is 1. The Labute approximate surface area is 161 Å². The van der Waals surface area contributed by atoms with Gasteiger partial charge in [0.25, 0.3) is 0 Å². The zero-order chi connectivity index (χ0) is 21.0. The quantitative estimate of drug-likeness (QED) is 0.479. The lowest BCUT2D eigenvalue weighted by Crippen LogP contribution is -2.44. The van der Waals surface area contributed by atoms with Gasteiger partial charge in [-0.25, -0.2) is 28.4 Å². The van der Waals surface area contributed by atoms with Crippen LogP contribution < -0.4 is 16.0 Å². The fourth-order valence-corrected chi connectivity index (χ4v) is 3.62. The summed E-state index contributed by atoms with van der Waals surface area (Å²) in [4.78, 5) is 6.92. The van der Waals surface area contributed by atoms with Crippen molar-refractivity contribution in [1.82, 2.24) is 20.8 Å². The summed E-state index contributed by atoms with van der Waals surface area (Å²) in [6.07, 6.45) is -3.79. The molecule has 1 unspecified atom stereocenters. The second-order valence-corrected chi connectivity index (χ2v) is 7.99. The highest BCUT2D eigenvalue weighted by atomic mass is 32.2. The molecule has 0 bridgehead atoms. The summed E-state index contributed by atoms with van der Waals surface area (Å²) in [5.41, 5.74) is 2.85. The maximum atomic E-state index is 13.5. The fraction of sp³-hybridized carbons (Fsp3) is 0.118. The Hall–Kier alpha value is -2.96. The molecule has 0 radical (unpaired) electrons. The summed E-state index contributed by atoms with van der Waals surface area (Å²) >= 11 is 0. The van der Waals surface area contributed by atoms with Crippen LogP contribution in [0.15, 0.2) is 59.1 Å². The molecule has 2 aromatic carbocycles. The number of H-pyrrole nitrogens is 1. The first-order chi connectivity index (χ1) is 13.5. The average molecular weight is 427 g/mol. The Bertz CT molecular complexity index is 1230.